The highest BCUT2D eigenvalue weighted by Gasteiger charge is 2.38. The molecule has 1 fully saturated rings. The summed E-state index contributed by atoms with van der Waals surface area (Å²) in [6.45, 7) is 3.79. The summed E-state index contributed by atoms with van der Waals surface area (Å²) in [4.78, 5) is 29.2. The molecule has 7 nitrogen and oxygen atoms in total. The summed E-state index contributed by atoms with van der Waals surface area (Å²) in [5.41, 5.74) is 1.37. The van der Waals surface area contributed by atoms with E-state index in [9.17, 15) is 33.0 Å². The molecule has 1 aliphatic rings. The second kappa shape index (κ2) is 10.9. The molecule has 0 saturated heterocycles. The Bertz CT molecular complexity index is 1590. The minimum atomic E-state index is -4.53. The van der Waals surface area contributed by atoms with Gasteiger partial charge in [-0.1, -0.05) is 18.9 Å². The van der Waals surface area contributed by atoms with Crippen molar-refractivity contribution >= 4 is 22.8 Å². The monoisotopic (exact) mass is 566 g/mol. The normalized spacial score (nSPS) is 17.6. The van der Waals surface area contributed by atoms with Crippen LogP contribution in [0.2, 0.25) is 0 Å². The number of carboxylic acids is 2. The molecule has 214 valence electrons. The van der Waals surface area contributed by atoms with Gasteiger partial charge < -0.3 is 19.5 Å². The molecule has 2 aromatic heterocycles. The average molecular weight is 567 g/mol. The fraction of sp³-hybridized carbons (Fsp3) is 0.323. The second-order valence-corrected chi connectivity index (χ2v) is 10.6. The maximum absolute atomic E-state index is 13.1. The summed E-state index contributed by atoms with van der Waals surface area (Å²) in [5.74, 6) is -2.90. The first-order chi connectivity index (χ1) is 19.5. The number of halogens is 3. The first kappa shape index (κ1) is 28.2. The van der Waals surface area contributed by atoms with Crippen LogP contribution in [0.1, 0.15) is 67.1 Å². The van der Waals surface area contributed by atoms with Gasteiger partial charge in [-0.05, 0) is 80.8 Å². The van der Waals surface area contributed by atoms with Gasteiger partial charge in [-0.15, -0.1) is 0 Å². The van der Waals surface area contributed by atoms with Gasteiger partial charge in [-0.3, -0.25) is 9.78 Å². The van der Waals surface area contributed by atoms with Crippen molar-refractivity contribution in [3.8, 4) is 22.7 Å². The number of alkyl halides is 3. The summed E-state index contributed by atoms with van der Waals surface area (Å²) in [5, 5.41) is 21.1. The van der Waals surface area contributed by atoms with Gasteiger partial charge in [0.05, 0.1) is 28.8 Å². The lowest BCUT2D eigenvalue weighted by atomic mass is 9.74. The number of hydrogen-bond donors (Lipinski definition) is 2. The van der Waals surface area contributed by atoms with Crippen LogP contribution in [0.5, 0.6) is 5.75 Å². The van der Waals surface area contributed by atoms with Crippen molar-refractivity contribution in [2.24, 2.45) is 5.92 Å². The number of fused-ring (bicyclic) bond motifs is 1. The topological polar surface area (TPSA) is 102 Å². The molecule has 0 aliphatic heterocycles. The van der Waals surface area contributed by atoms with Gasteiger partial charge in [0, 0.05) is 28.8 Å². The molecule has 10 heteroatoms. The van der Waals surface area contributed by atoms with Gasteiger partial charge in [0.2, 0.25) is 0 Å². The Labute approximate surface area is 234 Å². The largest absolute Gasteiger partial charge is 0.491 e. The van der Waals surface area contributed by atoms with Crippen molar-refractivity contribution < 1.29 is 37.7 Å². The maximum Gasteiger partial charge on any atom is 0.417 e. The zero-order valence-electron chi connectivity index (χ0n) is 22.5. The van der Waals surface area contributed by atoms with E-state index in [0.717, 1.165) is 25.1 Å². The van der Waals surface area contributed by atoms with Crippen molar-refractivity contribution in [3.05, 3.63) is 77.6 Å². The fourth-order valence-corrected chi connectivity index (χ4v) is 5.78. The van der Waals surface area contributed by atoms with Crippen LogP contribution in [0.25, 0.3) is 27.8 Å². The number of nitrogens with zero attached hydrogens (tertiary/aromatic N) is 2. The number of ether oxygens (including phenoxy) is 1. The van der Waals surface area contributed by atoms with E-state index < -0.39 is 35.5 Å². The molecule has 2 unspecified atom stereocenters. The van der Waals surface area contributed by atoms with E-state index in [0.29, 0.717) is 46.3 Å². The highest BCUT2D eigenvalue weighted by molar-refractivity contribution is 6.01. The van der Waals surface area contributed by atoms with Gasteiger partial charge in [0.1, 0.15) is 11.4 Å². The van der Waals surface area contributed by atoms with Crippen LogP contribution in [-0.4, -0.2) is 37.8 Å². The molecule has 1 aliphatic carbocycles. The molecule has 1 saturated carbocycles. The third kappa shape index (κ3) is 5.51. The van der Waals surface area contributed by atoms with Crippen LogP contribution in [0, 0.1) is 5.92 Å². The number of carbonyl (C=O) groups is 2. The van der Waals surface area contributed by atoms with Gasteiger partial charge >= 0.3 is 18.1 Å². The highest BCUT2D eigenvalue weighted by atomic mass is 19.4. The second-order valence-electron chi connectivity index (χ2n) is 10.6. The standard InChI is InChI=1S/C31H29F3N2O5/c1-17(2)41-21-11-9-20(10-12-21)36-26-14-7-18(25-13-8-19(16-35-25)31(32,33)34)15-24(26)27(28(36)30(39)40)22-5-3-4-6-23(22)29(37)38/h7-17,22-23H,3-6H2,1-2H3,(H,37,38)(H,39,40). The van der Waals surface area contributed by atoms with Crippen LogP contribution >= 0.6 is 0 Å². The van der Waals surface area contributed by atoms with Crippen LogP contribution in [0.4, 0.5) is 13.2 Å². The van der Waals surface area contributed by atoms with Crippen LogP contribution in [-0.2, 0) is 11.0 Å². The van der Waals surface area contributed by atoms with Crippen molar-refractivity contribution in [1.29, 1.82) is 0 Å². The molecule has 5 rings (SSSR count). The molecule has 41 heavy (non-hydrogen) atoms. The van der Waals surface area contributed by atoms with E-state index in [-0.39, 0.29) is 17.5 Å². The molecule has 0 spiro atoms. The zero-order valence-corrected chi connectivity index (χ0v) is 22.5. The quantitative estimate of drug-likeness (QED) is 0.239. The van der Waals surface area contributed by atoms with Gasteiger partial charge in [-0.2, -0.15) is 13.2 Å². The van der Waals surface area contributed by atoms with Gasteiger partial charge in [-0.25, -0.2) is 4.79 Å². The number of carboxylic acid groups (broad SMARTS) is 2. The molecule has 2 aromatic carbocycles. The van der Waals surface area contributed by atoms with Crippen LogP contribution in [0.15, 0.2) is 60.8 Å². The average Bonchev–Trinajstić information content (AvgIpc) is 3.27. The lowest BCUT2D eigenvalue weighted by Crippen LogP contribution is -2.27. The molecule has 0 amide bonds. The molecule has 4 aromatic rings. The van der Waals surface area contributed by atoms with Crippen molar-refractivity contribution in [3.63, 3.8) is 0 Å². The molecular weight excluding hydrogens is 537 g/mol. The minimum Gasteiger partial charge on any atom is -0.491 e. The lowest BCUT2D eigenvalue weighted by Gasteiger charge is -2.29. The SMILES string of the molecule is CC(C)Oc1ccc(-n2c(C(=O)O)c(C3CCCCC3C(=O)O)c3cc(-c4ccc(C(F)(F)F)cn4)ccc32)cc1. The number of benzene rings is 2. The van der Waals surface area contributed by atoms with E-state index >= 15 is 0 Å². The summed E-state index contributed by atoms with van der Waals surface area (Å²) in [7, 11) is 0. The lowest BCUT2D eigenvalue weighted by molar-refractivity contribution is -0.143. The first-order valence-electron chi connectivity index (χ1n) is 13.4. The number of aliphatic carboxylic acids is 1. The Hall–Kier alpha value is -4.34. The first-order valence-corrected chi connectivity index (χ1v) is 13.4. The van der Waals surface area contributed by atoms with E-state index in [1.165, 1.54) is 6.07 Å². The van der Waals surface area contributed by atoms with Gasteiger partial charge in [0.25, 0.3) is 0 Å². The fourth-order valence-electron chi connectivity index (χ4n) is 5.78. The van der Waals surface area contributed by atoms with Crippen molar-refractivity contribution in [1.82, 2.24) is 9.55 Å². The molecule has 0 bridgehead atoms. The summed E-state index contributed by atoms with van der Waals surface area (Å²) in [6.07, 6.45) is -1.41. The Morgan fingerprint density at radius 1 is 1.00 bits per heavy atom. The molecule has 0 radical (unpaired) electrons. The van der Waals surface area contributed by atoms with E-state index in [4.69, 9.17) is 4.74 Å². The Balaban J connectivity index is 1.75. The Morgan fingerprint density at radius 2 is 1.71 bits per heavy atom. The van der Waals surface area contributed by atoms with Crippen LogP contribution in [0.3, 0.4) is 0 Å². The molecule has 2 N–H and O–H groups in total. The number of pyridine rings is 1. The number of aromatic nitrogens is 2. The zero-order chi connectivity index (χ0) is 29.5. The Kier molecular flexibility index (Phi) is 7.50. The minimum absolute atomic E-state index is 0.0341. The number of aromatic carboxylic acids is 1. The van der Waals surface area contributed by atoms with Crippen molar-refractivity contribution in [2.45, 2.75) is 57.7 Å². The summed E-state index contributed by atoms with van der Waals surface area (Å²) in [6, 6.07) is 14.3. The summed E-state index contributed by atoms with van der Waals surface area (Å²) < 4.78 is 46.7. The third-order valence-electron chi connectivity index (χ3n) is 7.52. The summed E-state index contributed by atoms with van der Waals surface area (Å²) >= 11 is 0. The molecular formula is C31H29F3N2O5. The van der Waals surface area contributed by atoms with E-state index in [1.54, 1.807) is 47.0 Å². The van der Waals surface area contributed by atoms with Crippen LogP contribution < -0.4 is 4.74 Å². The van der Waals surface area contributed by atoms with Crippen molar-refractivity contribution in [2.75, 3.05) is 0 Å². The maximum atomic E-state index is 13.1. The predicted octanol–water partition coefficient (Wildman–Crippen LogP) is 7.56. The number of rotatable bonds is 7. The highest BCUT2D eigenvalue weighted by Crippen LogP contribution is 2.45. The number of hydrogen-bond acceptors (Lipinski definition) is 4. The molecule has 2 heterocycles. The Morgan fingerprint density at radius 3 is 2.29 bits per heavy atom. The third-order valence-corrected chi connectivity index (χ3v) is 7.52. The van der Waals surface area contributed by atoms with Gasteiger partial charge in [0.15, 0.2) is 0 Å². The van der Waals surface area contributed by atoms with E-state index in [1.807, 2.05) is 13.8 Å². The predicted molar refractivity (Wildman–Crippen MR) is 147 cm³/mol. The smallest absolute Gasteiger partial charge is 0.417 e. The molecule has 2 atom stereocenters. The van der Waals surface area contributed by atoms with E-state index in [2.05, 4.69) is 4.98 Å².